The average molecular weight is 404 g/mol. The zero-order valence-corrected chi connectivity index (χ0v) is 18.3. The van der Waals surface area contributed by atoms with E-state index in [0.29, 0.717) is 22.8 Å². The van der Waals surface area contributed by atoms with E-state index >= 15 is 0 Å². The molecule has 0 saturated heterocycles. The van der Waals surface area contributed by atoms with Crippen molar-refractivity contribution in [1.82, 2.24) is 0 Å². The maximum atomic E-state index is 12.6. The summed E-state index contributed by atoms with van der Waals surface area (Å²) in [4.78, 5) is 12.6. The van der Waals surface area contributed by atoms with Gasteiger partial charge in [-0.05, 0) is 72.9 Å². The van der Waals surface area contributed by atoms with Gasteiger partial charge in [-0.3, -0.25) is 0 Å². The van der Waals surface area contributed by atoms with Crippen molar-refractivity contribution in [3.8, 4) is 11.8 Å². The molecule has 2 aromatic carbocycles. The Balaban J connectivity index is 1.61. The molecule has 0 radical (unpaired) electrons. The highest BCUT2D eigenvalue weighted by molar-refractivity contribution is 5.91. The van der Waals surface area contributed by atoms with Crippen molar-refractivity contribution in [2.45, 2.75) is 77.6 Å². The van der Waals surface area contributed by atoms with E-state index in [4.69, 9.17) is 4.74 Å². The standard InChI is InChI=1S/C27H33NO2/c1-3-4-5-6-7-21-10-17-26(25(18-21)19-28)30-27(29)24-15-13-23(14-16-24)22-11-8-20(2)9-12-22/h10,13-18,20,22H,3-9,11-12H2,1-2H3. The van der Waals surface area contributed by atoms with Crippen LogP contribution in [-0.4, -0.2) is 5.97 Å². The monoisotopic (exact) mass is 403 g/mol. The zero-order chi connectivity index (χ0) is 21.3. The van der Waals surface area contributed by atoms with Crippen molar-refractivity contribution in [3.63, 3.8) is 0 Å². The number of nitriles is 1. The molecule has 0 atom stereocenters. The fraction of sp³-hybridized carbons (Fsp3) is 0.481. The highest BCUT2D eigenvalue weighted by atomic mass is 16.5. The van der Waals surface area contributed by atoms with Crippen LogP contribution < -0.4 is 4.74 Å². The van der Waals surface area contributed by atoms with E-state index in [-0.39, 0.29) is 0 Å². The number of ether oxygens (including phenoxy) is 1. The summed E-state index contributed by atoms with van der Waals surface area (Å²) < 4.78 is 5.56. The minimum Gasteiger partial charge on any atom is -0.422 e. The lowest BCUT2D eigenvalue weighted by Gasteiger charge is -2.26. The summed E-state index contributed by atoms with van der Waals surface area (Å²) in [7, 11) is 0. The van der Waals surface area contributed by atoms with E-state index in [0.717, 1.165) is 24.3 Å². The number of carbonyl (C=O) groups excluding carboxylic acids is 1. The molecule has 0 amide bonds. The van der Waals surface area contributed by atoms with Crippen LogP contribution in [0.3, 0.4) is 0 Å². The number of hydrogen-bond donors (Lipinski definition) is 0. The lowest BCUT2D eigenvalue weighted by Crippen LogP contribution is -2.12. The van der Waals surface area contributed by atoms with E-state index < -0.39 is 5.97 Å². The second-order valence-electron chi connectivity index (χ2n) is 8.72. The smallest absolute Gasteiger partial charge is 0.343 e. The number of hydrogen-bond acceptors (Lipinski definition) is 3. The van der Waals surface area contributed by atoms with Gasteiger partial charge < -0.3 is 4.74 Å². The molecule has 1 fully saturated rings. The van der Waals surface area contributed by atoms with Gasteiger partial charge in [0.1, 0.15) is 11.8 Å². The number of nitrogens with zero attached hydrogens (tertiary/aromatic N) is 1. The molecule has 2 aromatic rings. The van der Waals surface area contributed by atoms with Gasteiger partial charge in [-0.1, -0.05) is 64.2 Å². The third-order valence-corrected chi connectivity index (χ3v) is 6.32. The number of unbranched alkanes of at least 4 members (excludes halogenated alkanes) is 3. The largest absolute Gasteiger partial charge is 0.422 e. The van der Waals surface area contributed by atoms with E-state index in [1.807, 2.05) is 24.3 Å². The number of rotatable bonds is 8. The van der Waals surface area contributed by atoms with Crippen molar-refractivity contribution in [3.05, 3.63) is 64.7 Å². The van der Waals surface area contributed by atoms with Gasteiger partial charge in [-0.2, -0.15) is 5.26 Å². The van der Waals surface area contributed by atoms with Crippen molar-refractivity contribution < 1.29 is 9.53 Å². The molecular formula is C27H33NO2. The summed E-state index contributed by atoms with van der Waals surface area (Å²) in [6.07, 6.45) is 10.7. The van der Waals surface area contributed by atoms with E-state index in [9.17, 15) is 10.1 Å². The Labute approximate surface area is 181 Å². The first-order valence-corrected chi connectivity index (χ1v) is 11.5. The summed E-state index contributed by atoms with van der Waals surface area (Å²) in [5, 5.41) is 9.49. The van der Waals surface area contributed by atoms with Crippen LogP contribution in [0.25, 0.3) is 0 Å². The maximum absolute atomic E-state index is 12.6. The first-order valence-electron chi connectivity index (χ1n) is 11.5. The zero-order valence-electron chi connectivity index (χ0n) is 18.3. The Kier molecular flexibility index (Phi) is 8.08. The minimum absolute atomic E-state index is 0.338. The van der Waals surface area contributed by atoms with Crippen LogP contribution in [0, 0.1) is 17.2 Å². The number of benzene rings is 2. The van der Waals surface area contributed by atoms with E-state index in [1.165, 1.54) is 50.5 Å². The molecule has 1 saturated carbocycles. The molecule has 3 heteroatoms. The molecule has 0 unspecified atom stereocenters. The molecular weight excluding hydrogens is 370 g/mol. The predicted octanol–water partition coefficient (Wildman–Crippen LogP) is 7.19. The van der Waals surface area contributed by atoms with Crippen LogP contribution in [0.1, 0.15) is 98.2 Å². The number of esters is 1. The Morgan fingerprint density at radius 1 is 1.03 bits per heavy atom. The van der Waals surface area contributed by atoms with Crippen molar-refractivity contribution in [2.24, 2.45) is 5.92 Å². The van der Waals surface area contributed by atoms with Crippen LogP contribution in [-0.2, 0) is 6.42 Å². The topological polar surface area (TPSA) is 50.1 Å². The second-order valence-corrected chi connectivity index (χ2v) is 8.72. The molecule has 1 aliphatic rings. The van der Waals surface area contributed by atoms with Crippen molar-refractivity contribution >= 4 is 5.97 Å². The van der Waals surface area contributed by atoms with Gasteiger partial charge in [0.25, 0.3) is 0 Å². The van der Waals surface area contributed by atoms with E-state index in [2.05, 4.69) is 32.0 Å². The lowest BCUT2D eigenvalue weighted by molar-refractivity contribution is 0.0734. The first-order chi connectivity index (χ1) is 14.6. The third-order valence-electron chi connectivity index (χ3n) is 6.32. The normalized spacial score (nSPS) is 18.6. The summed E-state index contributed by atoms with van der Waals surface area (Å²) in [5.41, 5.74) is 3.37. The van der Waals surface area contributed by atoms with E-state index in [1.54, 1.807) is 6.07 Å². The highest BCUT2D eigenvalue weighted by Gasteiger charge is 2.20. The molecule has 0 aromatic heterocycles. The molecule has 0 spiro atoms. The van der Waals surface area contributed by atoms with Crippen LogP contribution >= 0.6 is 0 Å². The third kappa shape index (κ3) is 5.95. The number of carbonyl (C=O) groups is 1. The first kappa shape index (κ1) is 22.1. The minimum atomic E-state index is -0.411. The average Bonchev–Trinajstić information content (AvgIpc) is 2.78. The fourth-order valence-corrected chi connectivity index (χ4v) is 4.31. The highest BCUT2D eigenvalue weighted by Crippen LogP contribution is 2.35. The Morgan fingerprint density at radius 2 is 1.77 bits per heavy atom. The molecule has 3 rings (SSSR count). The molecule has 0 aliphatic heterocycles. The van der Waals surface area contributed by atoms with Gasteiger partial charge in [-0.25, -0.2) is 4.79 Å². The molecule has 0 heterocycles. The number of aryl methyl sites for hydroxylation is 1. The van der Waals surface area contributed by atoms with Gasteiger partial charge in [0.05, 0.1) is 11.1 Å². The Hall–Kier alpha value is -2.60. The quantitative estimate of drug-likeness (QED) is 0.266. The van der Waals surface area contributed by atoms with Gasteiger partial charge in [-0.15, -0.1) is 0 Å². The SMILES string of the molecule is CCCCCCc1ccc(OC(=O)c2ccc(C3CCC(C)CC3)cc2)c(C#N)c1. The Morgan fingerprint density at radius 3 is 2.43 bits per heavy atom. The van der Waals surface area contributed by atoms with Crippen LogP contribution in [0.4, 0.5) is 0 Å². The lowest BCUT2D eigenvalue weighted by atomic mass is 9.79. The second kappa shape index (κ2) is 11.0. The van der Waals surface area contributed by atoms with Gasteiger partial charge >= 0.3 is 5.97 Å². The van der Waals surface area contributed by atoms with Crippen LogP contribution in [0.2, 0.25) is 0 Å². The molecule has 0 bridgehead atoms. The summed E-state index contributed by atoms with van der Waals surface area (Å²) in [5.74, 6) is 1.35. The predicted molar refractivity (Wildman–Crippen MR) is 121 cm³/mol. The molecule has 30 heavy (non-hydrogen) atoms. The Bertz CT molecular complexity index is 871. The fourth-order valence-electron chi connectivity index (χ4n) is 4.31. The summed E-state index contributed by atoms with van der Waals surface area (Å²) >= 11 is 0. The van der Waals surface area contributed by atoms with Gasteiger partial charge in [0.2, 0.25) is 0 Å². The van der Waals surface area contributed by atoms with Crippen LogP contribution in [0.5, 0.6) is 5.75 Å². The molecule has 1 aliphatic carbocycles. The molecule has 3 nitrogen and oxygen atoms in total. The molecule has 0 N–H and O–H groups in total. The van der Waals surface area contributed by atoms with Gasteiger partial charge in [0.15, 0.2) is 0 Å². The van der Waals surface area contributed by atoms with Crippen molar-refractivity contribution in [1.29, 1.82) is 5.26 Å². The van der Waals surface area contributed by atoms with Crippen molar-refractivity contribution in [2.75, 3.05) is 0 Å². The van der Waals surface area contributed by atoms with Crippen LogP contribution in [0.15, 0.2) is 42.5 Å². The summed E-state index contributed by atoms with van der Waals surface area (Å²) in [6, 6.07) is 15.6. The van der Waals surface area contributed by atoms with Gasteiger partial charge in [0, 0.05) is 0 Å². The maximum Gasteiger partial charge on any atom is 0.343 e. The molecule has 158 valence electrons. The summed E-state index contributed by atoms with van der Waals surface area (Å²) in [6.45, 7) is 4.52.